The first kappa shape index (κ1) is 17.6. The number of carbonyl (C=O) groups excluding carboxylic acids is 2. The van der Waals surface area contributed by atoms with Gasteiger partial charge in [0.2, 0.25) is 10.0 Å². The molecule has 0 aliphatic heterocycles. The van der Waals surface area contributed by atoms with Gasteiger partial charge in [0.25, 0.3) is 5.91 Å². The molecule has 0 fully saturated rings. The lowest BCUT2D eigenvalue weighted by molar-refractivity contribution is -0.146. The smallest absolute Gasteiger partial charge is 0.310 e. The van der Waals surface area contributed by atoms with Gasteiger partial charge in [0.1, 0.15) is 0 Å². The third-order valence-corrected chi connectivity index (χ3v) is 3.91. The highest BCUT2D eigenvalue weighted by Gasteiger charge is 2.11. The van der Waals surface area contributed by atoms with Gasteiger partial charge in [0.15, 0.2) is 6.61 Å². The maximum absolute atomic E-state index is 11.8. The van der Waals surface area contributed by atoms with Crippen LogP contribution in [0.15, 0.2) is 59.5 Å². The van der Waals surface area contributed by atoms with Gasteiger partial charge in [-0.05, 0) is 23.8 Å². The molecule has 0 aliphatic rings. The Morgan fingerprint density at radius 1 is 1.04 bits per heavy atom. The largest absolute Gasteiger partial charge is 0.455 e. The zero-order valence-electron chi connectivity index (χ0n) is 12.6. The summed E-state index contributed by atoms with van der Waals surface area (Å²) in [7, 11) is -3.86. The highest BCUT2D eigenvalue weighted by atomic mass is 32.2. The van der Waals surface area contributed by atoms with Gasteiger partial charge in [0, 0.05) is 5.69 Å². The van der Waals surface area contributed by atoms with Crippen LogP contribution in [-0.2, 0) is 30.8 Å². The van der Waals surface area contributed by atoms with E-state index in [1.54, 1.807) is 24.3 Å². The SMILES string of the molecule is NS(=O)(=O)c1cccc(NC(=O)COC(=O)Cc2ccccc2)c1. The van der Waals surface area contributed by atoms with Gasteiger partial charge >= 0.3 is 5.97 Å². The van der Waals surface area contributed by atoms with Crippen LogP contribution in [0.2, 0.25) is 0 Å². The number of primary sulfonamides is 1. The summed E-state index contributed by atoms with van der Waals surface area (Å²) in [4.78, 5) is 23.3. The Labute approximate surface area is 139 Å². The average Bonchev–Trinajstić information content (AvgIpc) is 2.53. The van der Waals surface area contributed by atoms with Crippen LogP contribution in [0.1, 0.15) is 5.56 Å². The standard InChI is InChI=1S/C16H16N2O5S/c17-24(21,22)14-8-4-7-13(10-14)18-15(19)11-23-16(20)9-12-5-2-1-3-6-12/h1-8,10H,9,11H2,(H,18,19)(H2,17,21,22). The van der Waals surface area contributed by atoms with Crippen molar-refractivity contribution in [1.29, 1.82) is 0 Å². The maximum atomic E-state index is 11.8. The molecule has 0 aromatic heterocycles. The molecule has 2 rings (SSSR count). The number of amides is 1. The van der Waals surface area contributed by atoms with E-state index in [4.69, 9.17) is 9.88 Å². The first-order valence-corrected chi connectivity index (χ1v) is 8.51. The molecule has 0 radical (unpaired) electrons. The fourth-order valence-electron chi connectivity index (χ4n) is 1.91. The summed E-state index contributed by atoms with van der Waals surface area (Å²) < 4.78 is 27.4. The fourth-order valence-corrected chi connectivity index (χ4v) is 2.47. The van der Waals surface area contributed by atoms with Crippen LogP contribution in [0.5, 0.6) is 0 Å². The van der Waals surface area contributed by atoms with Crippen LogP contribution in [0.3, 0.4) is 0 Å². The Hall–Kier alpha value is -2.71. The highest BCUT2D eigenvalue weighted by molar-refractivity contribution is 7.89. The first-order valence-electron chi connectivity index (χ1n) is 6.97. The molecule has 126 valence electrons. The molecule has 0 saturated heterocycles. The number of sulfonamides is 1. The van der Waals surface area contributed by atoms with Gasteiger partial charge in [-0.25, -0.2) is 13.6 Å². The molecule has 1 amide bonds. The summed E-state index contributed by atoms with van der Waals surface area (Å²) in [6, 6.07) is 14.5. The highest BCUT2D eigenvalue weighted by Crippen LogP contribution is 2.14. The number of hydrogen-bond acceptors (Lipinski definition) is 5. The third-order valence-electron chi connectivity index (χ3n) is 3.00. The van der Waals surface area contributed by atoms with Crippen molar-refractivity contribution in [3.63, 3.8) is 0 Å². The number of benzene rings is 2. The second kappa shape index (κ2) is 7.71. The maximum Gasteiger partial charge on any atom is 0.310 e. The molecule has 24 heavy (non-hydrogen) atoms. The van der Waals surface area contributed by atoms with Gasteiger partial charge in [-0.15, -0.1) is 0 Å². The lowest BCUT2D eigenvalue weighted by atomic mass is 10.2. The quantitative estimate of drug-likeness (QED) is 0.757. The number of carbonyl (C=O) groups is 2. The number of nitrogens with one attached hydrogen (secondary N) is 1. The van der Waals surface area contributed by atoms with Crippen LogP contribution < -0.4 is 10.5 Å². The molecule has 8 heteroatoms. The van der Waals surface area contributed by atoms with E-state index in [-0.39, 0.29) is 17.0 Å². The number of rotatable bonds is 6. The van der Waals surface area contributed by atoms with Crippen molar-refractivity contribution >= 4 is 27.6 Å². The van der Waals surface area contributed by atoms with Gasteiger partial charge in [-0.2, -0.15) is 0 Å². The topological polar surface area (TPSA) is 116 Å². The minimum atomic E-state index is -3.86. The molecule has 0 unspecified atom stereocenters. The fraction of sp³-hybridized carbons (Fsp3) is 0.125. The molecule has 3 N–H and O–H groups in total. The zero-order valence-corrected chi connectivity index (χ0v) is 13.5. The molecule has 7 nitrogen and oxygen atoms in total. The second-order valence-corrected chi connectivity index (χ2v) is 6.51. The molecule has 0 spiro atoms. The summed E-state index contributed by atoms with van der Waals surface area (Å²) in [6.45, 7) is -0.467. The molecule has 0 bridgehead atoms. The van der Waals surface area contributed by atoms with Crippen molar-refractivity contribution < 1.29 is 22.7 Å². The lowest BCUT2D eigenvalue weighted by Crippen LogP contribution is -2.22. The Kier molecular flexibility index (Phi) is 5.67. The Morgan fingerprint density at radius 3 is 2.42 bits per heavy atom. The minimum absolute atomic E-state index is 0.0645. The number of nitrogens with two attached hydrogens (primary N) is 1. The molecule has 0 aliphatic carbocycles. The summed E-state index contributed by atoms with van der Waals surface area (Å²) in [5.41, 5.74) is 1.02. The molecule has 0 saturated carbocycles. The van der Waals surface area contributed by atoms with Crippen molar-refractivity contribution in [3.05, 3.63) is 60.2 Å². The van der Waals surface area contributed by atoms with Crippen LogP contribution in [0.4, 0.5) is 5.69 Å². The Morgan fingerprint density at radius 2 is 1.75 bits per heavy atom. The van der Waals surface area contributed by atoms with Gasteiger partial charge in [0.05, 0.1) is 11.3 Å². The van der Waals surface area contributed by atoms with Crippen molar-refractivity contribution in [2.24, 2.45) is 5.14 Å². The molecular weight excluding hydrogens is 332 g/mol. The van der Waals surface area contributed by atoms with Crippen molar-refractivity contribution in [2.75, 3.05) is 11.9 Å². The van der Waals surface area contributed by atoms with Crippen LogP contribution in [-0.4, -0.2) is 26.9 Å². The Bertz CT molecular complexity index is 835. The monoisotopic (exact) mass is 348 g/mol. The molecular formula is C16H16N2O5S. The number of anilines is 1. The summed E-state index contributed by atoms with van der Waals surface area (Å²) in [5.74, 6) is -1.11. The normalized spacial score (nSPS) is 10.9. The van der Waals surface area contributed by atoms with E-state index in [0.29, 0.717) is 0 Å². The lowest BCUT2D eigenvalue weighted by Gasteiger charge is -2.08. The van der Waals surface area contributed by atoms with Gasteiger partial charge < -0.3 is 10.1 Å². The van der Waals surface area contributed by atoms with Crippen LogP contribution >= 0.6 is 0 Å². The predicted octanol–water partition coefficient (Wildman–Crippen LogP) is 1.06. The molecule has 2 aromatic rings. The molecule has 2 aromatic carbocycles. The number of hydrogen-bond donors (Lipinski definition) is 2. The summed E-state index contributed by atoms with van der Waals surface area (Å²) >= 11 is 0. The summed E-state index contributed by atoms with van der Waals surface area (Å²) in [5, 5.41) is 7.46. The number of ether oxygens (including phenoxy) is 1. The minimum Gasteiger partial charge on any atom is -0.455 e. The van der Waals surface area contributed by atoms with Crippen molar-refractivity contribution in [1.82, 2.24) is 0 Å². The van der Waals surface area contributed by atoms with E-state index in [9.17, 15) is 18.0 Å². The average molecular weight is 348 g/mol. The van der Waals surface area contributed by atoms with E-state index in [2.05, 4.69) is 5.32 Å². The third kappa shape index (κ3) is 5.49. The van der Waals surface area contributed by atoms with Crippen molar-refractivity contribution in [2.45, 2.75) is 11.3 Å². The van der Waals surface area contributed by atoms with E-state index in [1.165, 1.54) is 24.3 Å². The molecule has 0 atom stereocenters. The van der Waals surface area contributed by atoms with E-state index < -0.39 is 28.5 Å². The second-order valence-electron chi connectivity index (χ2n) is 4.94. The number of esters is 1. The van der Waals surface area contributed by atoms with E-state index >= 15 is 0 Å². The Balaban J connectivity index is 1.86. The predicted molar refractivity (Wildman–Crippen MR) is 87.5 cm³/mol. The first-order chi connectivity index (χ1) is 11.3. The van der Waals surface area contributed by atoms with E-state index in [1.807, 2.05) is 6.07 Å². The molecule has 0 heterocycles. The van der Waals surface area contributed by atoms with Crippen molar-refractivity contribution in [3.8, 4) is 0 Å². The zero-order chi connectivity index (χ0) is 17.6. The van der Waals surface area contributed by atoms with E-state index in [0.717, 1.165) is 5.56 Å². The van der Waals surface area contributed by atoms with Crippen LogP contribution in [0.25, 0.3) is 0 Å². The van der Waals surface area contributed by atoms with Crippen LogP contribution in [0, 0.1) is 0 Å². The van der Waals surface area contributed by atoms with Gasteiger partial charge in [-0.1, -0.05) is 36.4 Å². The summed E-state index contributed by atoms with van der Waals surface area (Å²) in [6.07, 6.45) is 0.0645. The van der Waals surface area contributed by atoms with Gasteiger partial charge in [-0.3, -0.25) is 9.59 Å².